The first-order chi connectivity index (χ1) is 13.9. The Morgan fingerprint density at radius 2 is 1.72 bits per heavy atom. The number of rotatable bonds is 4. The average molecular weight is 403 g/mol. The smallest absolute Gasteiger partial charge is 0.321 e. The molecule has 0 spiro atoms. The molecule has 3 rings (SSSR count). The van der Waals surface area contributed by atoms with Gasteiger partial charge in [0.1, 0.15) is 11.6 Å². The maximum atomic E-state index is 13.3. The maximum Gasteiger partial charge on any atom is 0.321 e. The van der Waals surface area contributed by atoms with Crippen LogP contribution in [0.1, 0.15) is 26.2 Å². The van der Waals surface area contributed by atoms with Crippen LogP contribution in [0.5, 0.6) is 0 Å². The highest BCUT2D eigenvalue weighted by Gasteiger charge is 2.27. The van der Waals surface area contributed by atoms with Gasteiger partial charge in [-0.3, -0.25) is 4.79 Å². The minimum Gasteiger partial charge on any atom is -0.343 e. The van der Waals surface area contributed by atoms with Gasteiger partial charge in [-0.2, -0.15) is 0 Å². The van der Waals surface area contributed by atoms with Crippen LogP contribution in [0, 0.1) is 11.6 Å². The molecule has 29 heavy (non-hydrogen) atoms. The van der Waals surface area contributed by atoms with Crippen LogP contribution in [0.25, 0.3) is 11.4 Å². The van der Waals surface area contributed by atoms with Gasteiger partial charge >= 0.3 is 6.03 Å². The third-order valence-electron chi connectivity index (χ3n) is 5.01. The van der Waals surface area contributed by atoms with E-state index in [9.17, 15) is 18.4 Å². The quantitative estimate of drug-likeness (QED) is 0.850. The molecule has 1 aromatic heterocycles. The molecule has 1 N–H and O–H groups in total. The van der Waals surface area contributed by atoms with Crippen molar-refractivity contribution in [1.29, 1.82) is 0 Å². The monoisotopic (exact) mass is 403 g/mol. The van der Waals surface area contributed by atoms with Crippen LogP contribution in [0.4, 0.5) is 19.3 Å². The molecule has 0 aliphatic carbocycles. The molecule has 0 unspecified atom stereocenters. The van der Waals surface area contributed by atoms with Crippen molar-refractivity contribution >= 4 is 17.6 Å². The number of likely N-dealkylation sites (tertiary alicyclic amines) is 1. The molecule has 1 aliphatic rings. The van der Waals surface area contributed by atoms with Crippen LogP contribution in [-0.2, 0) is 4.79 Å². The maximum absolute atomic E-state index is 13.3. The summed E-state index contributed by atoms with van der Waals surface area (Å²) in [7, 11) is 1.71. The molecule has 0 saturated carbocycles. The summed E-state index contributed by atoms with van der Waals surface area (Å²) >= 11 is 0. The van der Waals surface area contributed by atoms with E-state index < -0.39 is 11.6 Å². The lowest BCUT2D eigenvalue weighted by atomic mass is 10.0. The van der Waals surface area contributed by atoms with Crippen LogP contribution in [0.3, 0.4) is 0 Å². The van der Waals surface area contributed by atoms with E-state index in [1.54, 1.807) is 11.9 Å². The van der Waals surface area contributed by atoms with Crippen molar-refractivity contribution in [2.45, 2.75) is 32.2 Å². The summed E-state index contributed by atoms with van der Waals surface area (Å²) < 4.78 is 26.7. The number of halogens is 2. The molecule has 1 aromatic carbocycles. The standard InChI is InChI=1S/C20H23F2N5O2/c1-3-18(28)27-6-4-17(5-7-27)26(2)20(29)25-16-11-23-19(24-12-16)13-8-14(21)10-15(22)9-13/h8-12,17H,3-7H2,1-2H3,(H,25,29). The van der Waals surface area contributed by atoms with Gasteiger partial charge in [0.15, 0.2) is 5.82 Å². The number of nitrogens with zero attached hydrogens (tertiary/aromatic N) is 4. The number of urea groups is 1. The van der Waals surface area contributed by atoms with Crippen LogP contribution >= 0.6 is 0 Å². The number of nitrogens with one attached hydrogen (secondary N) is 1. The Bertz CT molecular complexity index is 863. The summed E-state index contributed by atoms with van der Waals surface area (Å²) in [6.07, 6.45) is 4.70. The normalized spacial score (nSPS) is 14.6. The second-order valence-electron chi connectivity index (χ2n) is 6.96. The lowest BCUT2D eigenvalue weighted by Crippen LogP contribution is -2.48. The van der Waals surface area contributed by atoms with Crippen molar-refractivity contribution in [3.63, 3.8) is 0 Å². The number of carbonyl (C=O) groups is 2. The molecule has 2 aromatic rings. The Morgan fingerprint density at radius 1 is 1.14 bits per heavy atom. The Kier molecular flexibility index (Phi) is 6.36. The average Bonchev–Trinajstić information content (AvgIpc) is 2.72. The van der Waals surface area contributed by atoms with Crippen molar-refractivity contribution in [3.05, 3.63) is 42.2 Å². The highest BCUT2D eigenvalue weighted by Crippen LogP contribution is 2.20. The molecule has 1 fully saturated rings. The number of piperidine rings is 1. The Hall–Kier alpha value is -3.10. The van der Waals surface area contributed by atoms with Gasteiger partial charge in [-0.25, -0.2) is 23.5 Å². The first-order valence-electron chi connectivity index (χ1n) is 9.47. The van der Waals surface area contributed by atoms with Gasteiger partial charge in [-0.15, -0.1) is 0 Å². The van der Waals surface area contributed by atoms with Crippen molar-refractivity contribution in [2.75, 3.05) is 25.5 Å². The lowest BCUT2D eigenvalue weighted by Gasteiger charge is -2.36. The largest absolute Gasteiger partial charge is 0.343 e. The van der Waals surface area contributed by atoms with E-state index in [1.807, 2.05) is 11.8 Å². The zero-order valence-electron chi connectivity index (χ0n) is 16.4. The number of benzene rings is 1. The number of hydrogen-bond acceptors (Lipinski definition) is 4. The lowest BCUT2D eigenvalue weighted by molar-refractivity contribution is -0.132. The topological polar surface area (TPSA) is 78.4 Å². The van der Waals surface area contributed by atoms with E-state index in [4.69, 9.17) is 0 Å². The molecule has 0 bridgehead atoms. The molecule has 1 aliphatic heterocycles. The van der Waals surface area contributed by atoms with Crippen LogP contribution < -0.4 is 5.32 Å². The van der Waals surface area contributed by atoms with Gasteiger partial charge < -0.3 is 15.1 Å². The summed E-state index contributed by atoms with van der Waals surface area (Å²) in [6.45, 7) is 3.11. The van der Waals surface area contributed by atoms with Crippen LogP contribution in [0.2, 0.25) is 0 Å². The fourth-order valence-electron chi connectivity index (χ4n) is 3.33. The highest BCUT2D eigenvalue weighted by atomic mass is 19.1. The number of anilines is 1. The van der Waals surface area contributed by atoms with Crippen LogP contribution in [0.15, 0.2) is 30.6 Å². The molecule has 0 radical (unpaired) electrons. The minimum atomic E-state index is -0.714. The van der Waals surface area contributed by atoms with E-state index in [2.05, 4.69) is 15.3 Å². The summed E-state index contributed by atoms with van der Waals surface area (Å²) in [5.74, 6) is -1.14. The fraction of sp³-hybridized carbons (Fsp3) is 0.400. The third-order valence-corrected chi connectivity index (χ3v) is 5.01. The predicted molar refractivity (Wildman–Crippen MR) is 104 cm³/mol. The van der Waals surface area contributed by atoms with Crippen molar-refractivity contribution in [2.24, 2.45) is 0 Å². The van der Waals surface area contributed by atoms with E-state index >= 15 is 0 Å². The number of amides is 3. The molecular formula is C20H23F2N5O2. The number of carbonyl (C=O) groups excluding carboxylic acids is 2. The molecule has 0 atom stereocenters. The number of hydrogen-bond donors (Lipinski definition) is 1. The third kappa shape index (κ3) is 5.04. The minimum absolute atomic E-state index is 0.0337. The van der Waals surface area contributed by atoms with Crippen molar-refractivity contribution in [1.82, 2.24) is 19.8 Å². The van der Waals surface area contributed by atoms with Gasteiger partial charge in [0.2, 0.25) is 5.91 Å². The zero-order chi connectivity index (χ0) is 21.0. The van der Waals surface area contributed by atoms with Gasteiger partial charge in [-0.05, 0) is 25.0 Å². The summed E-state index contributed by atoms with van der Waals surface area (Å²) in [5.41, 5.74) is 0.590. The van der Waals surface area contributed by atoms with E-state index in [0.29, 0.717) is 25.2 Å². The molecular weight excluding hydrogens is 380 g/mol. The number of aromatic nitrogens is 2. The van der Waals surface area contributed by atoms with E-state index in [0.717, 1.165) is 31.0 Å². The zero-order valence-corrected chi connectivity index (χ0v) is 16.4. The van der Waals surface area contributed by atoms with Gasteiger partial charge in [-0.1, -0.05) is 6.92 Å². The Morgan fingerprint density at radius 3 is 2.28 bits per heavy atom. The van der Waals surface area contributed by atoms with Crippen molar-refractivity contribution < 1.29 is 18.4 Å². The summed E-state index contributed by atoms with van der Waals surface area (Å²) in [5, 5.41) is 2.72. The highest BCUT2D eigenvalue weighted by molar-refractivity contribution is 5.89. The van der Waals surface area contributed by atoms with Gasteiger partial charge in [0, 0.05) is 44.2 Å². The van der Waals surface area contributed by atoms with Gasteiger partial charge in [0.25, 0.3) is 0 Å². The summed E-state index contributed by atoms with van der Waals surface area (Å²) in [4.78, 5) is 35.9. The molecule has 7 nitrogen and oxygen atoms in total. The SMILES string of the molecule is CCC(=O)N1CCC(N(C)C(=O)Nc2cnc(-c3cc(F)cc(F)c3)nc2)CC1. The molecule has 2 heterocycles. The molecule has 1 saturated heterocycles. The predicted octanol–water partition coefficient (Wildman–Crippen LogP) is 3.29. The molecule has 154 valence electrons. The van der Waals surface area contributed by atoms with E-state index in [1.165, 1.54) is 12.4 Å². The first-order valence-corrected chi connectivity index (χ1v) is 9.47. The Labute approximate surface area is 167 Å². The molecule has 9 heteroatoms. The van der Waals surface area contributed by atoms with Crippen molar-refractivity contribution in [3.8, 4) is 11.4 Å². The fourth-order valence-corrected chi connectivity index (χ4v) is 3.33. The first kappa shape index (κ1) is 20.6. The summed E-state index contributed by atoms with van der Waals surface area (Å²) in [6, 6.07) is 2.78. The second kappa shape index (κ2) is 8.93. The Balaban J connectivity index is 1.58. The van der Waals surface area contributed by atoms with E-state index in [-0.39, 0.29) is 29.4 Å². The molecule has 3 amide bonds. The van der Waals surface area contributed by atoms with Crippen LogP contribution in [-0.4, -0.2) is 57.9 Å². The second-order valence-corrected chi connectivity index (χ2v) is 6.96. The van der Waals surface area contributed by atoms with Gasteiger partial charge in [0.05, 0.1) is 18.1 Å².